The van der Waals surface area contributed by atoms with E-state index in [1.807, 2.05) is 31.2 Å². The van der Waals surface area contributed by atoms with Crippen LogP contribution in [0.25, 0.3) is 0 Å². The minimum Gasteiger partial charge on any atom is -0.399 e. The van der Waals surface area contributed by atoms with E-state index in [9.17, 15) is 9.18 Å². The van der Waals surface area contributed by atoms with Crippen molar-refractivity contribution in [2.45, 2.75) is 26.2 Å². The fourth-order valence-electron chi connectivity index (χ4n) is 2.24. The largest absolute Gasteiger partial charge is 0.399 e. The Morgan fingerprint density at radius 2 is 1.85 bits per heavy atom. The van der Waals surface area contributed by atoms with Crippen molar-refractivity contribution in [3.8, 4) is 0 Å². The number of rotatable bonds is 4. The van der Waals surface area contributed by atoms with Gasteiger partial charge in [0.15, 0.2) is 5.78 Å². The molecule has 0 radical (unpaired) electrons. The molecule has 2 N–H and O–H groups in total. The van der Waals surface area contributed by atoms with Crippen LogP contribution in [-0.4, -0.2) is 5.78 Å². The minimum atomic E-state index is -0.367. The van der Waals surface area contributed by atoms with Gasteiger partial charge in [-0.2, -0.15) is 0 Å². The summed E-state index contributed by atoms with van der Waals surface area (Å²) in [6, 6.07) is 11.9. The maximum Gasteiger partial charge on any atom is 0.163 e. The van der Waals surface area contributed by atoms with Gasteiger partial charge >= 0.3 is 0 Å². The van der Waals surface area contributed by atoms with Crippen molar-refractivity contribution >= 4 is 11.5 Å². The topological polar surface area (TPSA) is 43.1 Å². The van der Waals surface area contributed by atoms with Crippen LogP contribution in [0.2, 0.25) is 0 Å². The molecule has 2 nitrogen and oxygen atoms in total. The fraction of sp³-hybridized carbons (Fsp3) is 0.235. The van der Waals surface area contributed by atoms with Crippen LogP contribution in [0.5, 0.6) is 0 Å². The number of hydrogen-bond donors (Lipinski definition) is 1. The van der Waals surface area contributed by atoms with Gasteiger partial charge in [-0.15, -0.1) is 0 Å². The van der Waals surface area contributed by atoms with E-state index in [2.05, 4.69) is 0 Å². The maximum atomic E-state index is 13.3. The molecule has 1 atom stereocenters. The summed E-state index contributed by atoms with van der Waals surface area (Å²) in [7, 11) is 0. The van der Waals surface area contributed by atoms with Crippen LogP contribution >= 0.6 is 0 Å². The average molecular weight is 271 g/mol. The number of hydrogen-bond acceptors (Lipinski definition) is 2. The van der Waals surface area contributed by atoms with Gasteiger partial charge in [-0.1, -0.05) is 19.1 Å². The van der Waals surface area contributed by atoms with Gasteiger partial charge in [0.05, 0.1) is 0 Å². The van der Waals surface area contributed by atoms with Gasteiger partial charge in [0.25, 0.3) is 0 Å². The first kappa shape index (κ1) is 14.3. The van der Waals surface area contributed by atoms with Crippen molar-refractivity contribution in [1.29, 1.82) is 0 Å². The number of carbonyl (C=O) groups is 1. The Hall–Kier alpha value is -2.16. The predicted octanol–water partition coefficient (Wildman–Crippen LogP) is 4.09. The molecule has 0 saturated heterocycles. The number of anilines is 1. The molecule has 3 heteroatoms. The van der Waals surface area contributed by atoms with Crippen molar-refractivity contribution in [3.63, 3.8) is 0 Å². The molecule has 20 heavy (non-hydrogen) atoms. The van der Waals surface area contributed by atoms with Crippen LogP contribution < -0.4 is 5.73 Å². The molecule has 0 aliphatic heterocycles. The monoisotopic (exact) mass is 271 g/mol. The van der Waals surface area contributed by atoms with Gasteiger partial charge in [0, 0.05) is 17.7 Å². The van der Waals surface area contributed by atoms with E-state index in [-0.39, 0.29) is 17.5 Å². The van der Waals surface area contributed by atoms with E-state index in [1.54, 1.807) is 13.0 Å². The summed E-state index contributed by atoms with van der Waals surface area (Å²) in [5.41, 5.74) is 8.59. The molecule has 104 valence electrons. The zero-order valence-corrected chi connectivity index (χ0v) is 11.7. The number of ketones is 1. The molecule has 0 saturated carbocycles. The van der Waals surface area contributed by atoms with E-state index in [0.717, 1.165) is 11.1 Å². The lowest BCUT2D eigenvalue weighted by Gasteiger charge is -2.12. The number of halogens is 1. The molecular formula is C17H18FNO. The van der Waals surface area contributed by atoms with Crippen LogP contribution in [-0.2, 0) is 0 Å². The molecule has 0 aliphatic carbocycles. The van der Waals surface area contributed by atoms with Gasteiger partial charge in [-0.05, 0) is 54.3 Å². The smallest absolute Gasteiger partial charge is 0.163 e. The summed E-state index contributed by atoms with van der Waals surface area (Å²) in [6.45, 7) is 3.76. The summed E-state index contributed by atoms with van der Waals surface area (Å²) >= 11 is 0. The van der Waals surface area contributed by atoms with Crippen molar-refractivity contribution in [2.75, 3.05) is 5.73 Å². The highest BCUT2D eigenvalue weighted by molar-refractivity contribution is 5.96. The second kappa shape index (κ2) is 5.87. The minimum absolute atomic E-state index is 0.0445. The van der Waals surface area contributed by atoms with Crippen LogP contribution in [0.15, 0.2) is 42.5 Å². The number of nitrogens with two attached hydrogens (primary N) is 1. The molecule has 1 unspecified atom stereocenters. The Morgan fingerprint density at radius 1 is 1.20 bits per heavy atom. The van der Waals surface area contributed by atoms with Crippen molar-refractivity contribution in [3.05, 3.63) is 65.0 Å². The van der Waals surface area contributed by atoms with Crippen LogP contribution in [0.3, 0.4) is 0 Å². The third-order valence-corrected chi connectivity index (χ3v) is 3.36. The predicted molar refractivity (Wildman–Crippen MR) is 79.4 cm³/mol. The van der Waals surface area contributed by atoms with Gasteiger partial charge in [0.2, 0.25) is 0 Å². The van der Waals surface area contributed by atoms with E-state index < -0.39 is 0 Å². The van der Waals surface area contributed by atoms with Crippen LogP contribution in [0.4, 0.5) is 10.1 Å². The van der Waals surface area contributed by atoms with Gasteiger partial charge in [0.1, 0.15) is 5.82 Å². The molecule has 0 aliphatic rings. The summed E-state index contributed by atoms with van der Waals surface area (Å²) in [5.74, 6) is -0.336. The lowest BCUT2D eigenvalue weighted by molar-refractivity contribution is 0.0975. The first-order valence-electron chi connectivity index (χ1n) is 6.61. The summed E-state index contributed by atoms with van der Waals surface area (Å²) in [4.78, 5) is 12.2. The summed E-state index contributed by atoms with van der Waals surface area (Å²) in [6.07, 6.45) is 0.354. The van der Waals surface area contributed by atoms with Crippen molar-refractivity contribution in [1.82, 2.24) is 0 Å². The maximum absolute atomic E-state index is 13.3. The van der Waals surface area contributed by atoms with E-state index >= 15 is 0 Å². The number of nitrogen functional groups attached to an aromatic ring is 1. The van der Waals surface area contributed by atoms with Gasteiger partial charge in [-0.25, -0.2) is 4.39 Å². The third-order valence-electron chi connectivity index (χ3n) is 3.36. The van der Waals surface area contributed by atoms with E-state index in [1.165, 1.54) is 12.1 Å². The molecule has 0 aromatic heterocycles. The highest BCUT2D eigenvalue weighted by atomic mass is 19.1. The van der Waals surface area contributed by atoms with Gasteiger partial charge in [-0.3, -0.25) is 4.79 Å². The third kappa shape index (κ3) is 3.44. The first-order valence-corrected chi connectivity index (χ1v) is 6.61. The SMILES string of the molecule is Cc1cc(F)cc(C(=O)CC(C)c2ccc(N)cc2)c1. The summed E-state index contributed by atoms with van der Waals surface area (Å²) in [5, 5.41) is 0. The van der Waals surface area contributed by atoms with Crippen LogP contribution in [0, 0.1) is 12.7 Å². The Bertz CT molecular complexity index is 599. The fourth-order valence-corrected chi connectivity index (χ4v) is 2.24. The first-order chi connectivity index (χ1) is 9.45. The standard InChI is InChI=1S/C17H18FNO/c1-11-7-14(10-15(18)8-11)17(20)9-12(2)13-3-5-16(19)6-4-13/h3-8,10,12H,9,19H2,1-2H3. The van der Waals surface area contributed by atoms with E-state index in [0.29, 0.717) is 17.7 Å². The van der Waals surface area contributed by atoms with Crippen LogP contribution in [0.1, 0.15) is 40.7 Å². The Balaban J connectivity index is 2.12. The zero-order chi connectivity index (χ0) is 14.7. The second-order valence-corrected chi connectivity index (χ2v) is 5.21. The zero-order valence-electron chi connectivity index (χ0n) is 11.7. The van der Waals surface area contributed by atoms with Crippen molar-refractivity contribution in [2.24, 2.45) is 0 Å². The average Bonchev–Trinajstić information content (AvgIpc) is 2.38. The molecule has 2 aromatic carbocycles. The molecule has 0 spiro atoms. The van der Waals surface area contributed by atoms with Gasteiger partial charge < -0.3 is 5.73 Å². The molecule has 0 fully saturated rings. The number of benzene rings is 2. The quantitative estimate of drug-likeness (QED) is 0.672. The Labute approximate surface area is 118 Å². The lowest BCUT2D eigenvalue weighted by atomic mass is 9.92. The Kier molecular flexibility index (Phi) is 4.18. The lowest BCUT2D eigenvalue weighted by Crippen LogP contribution is -2.06. The van der Waals surface area contributed by atoms with E-state index in [4.69, 9.17) is 5.73 Å². The number of aryl methyl sites for hydroxylation is 1. The number of carbonyl (C=O) groups excluding carboxylic acids is 1. The highest BCUT2D eigenvalue weighted by Gasteiger charge is 2.14. The molecular weight excluding hydrogens is 253 g/mol. The number of Topliss-reactive ketones (excluding diaryl/α,β-unsaturated/α-hetero) is 1. The highest BCUT2D eigenvalue weighted by Crippen LogP contribution is 2.22. The second-order valence-electron chi connectivity index (χ2n) is 5.21. The molecule has 2 rings (SSSR count). The Morgan fingerprint density at radius 3 is 2.45 bits per heavy atom. The normalized spacial score (nSPS) is 12.2. The summed E-state index contributed by atoms with van der Waals surface area (Å²) < 4.78 is 13.3. The molecule has 2 aromatic rings. The molecule has 0 amide bonds. The molecule has 0 bridgehead atoms. The van der Waals surface area contributed by atoms with Crippen molar-refractivity contribution < 1.29 is 9.18 Å². The molecule has 0 heterocycles.